The van der Waals surface area contributed by atoms with E-state index < -0.39 is 0 Å². The van der Waals surface area contributed by atoms with Gasteiger partial charge in [0.25, 0.3) is 0 Å². The van der Waals surface area contributed by atoms with Gasteiger partial charge in [-0.3, -0.25) is 0 Å². The van der Waals surface area contributed by atoms with Gasteiger partial charge >= 0.3 is 5.68 Å². The van der Waals surface area contributed by atoms with E-state index in [1.54, 1.807) is 7.05 Å². The molecule has 0 aliphatic carbocycles. The minimum atomic E-state index is 0.0231. The van der Waals surface area contributed by atoms with E-state index in [9.17, 15) is 10.4 Å². The third-order valence-corrected chi connectivity index (χ3v) is 1.95. The number of hydrogen-bond acceptors (Lipinski definition) is 5. The second-order valence-electron chi connectivity index (χ2n) is 2.71. The van der Waals surface area contributed by atoms with E-state index in [4.69, 9.17) is 4.42 Å². The molecule has 2 heterocycles. The van der Waals surface area contributed by atoms with Crippen LogP contribution < -0.4 is 11.0 Å². The number of rotatable bonds is 1. The first kappa shape index (κ1) is 8.54. The highest BCUT2D eigenvalue weighted by atomic mass is 16.5. The molecule has 76 valence electrons. The van der Waals surface area contributed by atoms with Crippen LogP contribution in [0.25, 0.3) is 11.2 Å². The largest absolute Gasteiger partial charge is 0.427 e. The first-order valence-corrected chi connectivity index (χ1v) is 3.95. The van der Waals surface area contributed by atoms with E-state index in [0.717, 1.165) is 4.73 Å². The molecule has 0 aromatic carbocycles. The van der Waals surface area contributed by atoms with Crippen LogP contribution in [0.5, 0.6) is 0 Å². The molecule has 2 aromatic heterocycles. The van der Waals surface area contributed by atoms with Crippen molar-refractivity contribution in [2.24, 2.45) is 4.99 Å². The molecule has 0 amide bonds. The van der Waals surface area contributed by atoms with Crippen molar-refractivity contribution >= 4 is 16.9 Å². The monoisotopic (exact) mass is 198 g/mol. The lowest BCUT2D eigenvalue weighted by atomic mass is 10.5. The molecule has 0 radical (unpaired) electrons. The number of hydrogen-bond donors (Lipinski definition) is 3. The summed E-state index contributed by atoms with van der Waals surface area (Å²) in [7, 11) is 3.16. The Hall–Kier alpha value is -2.05. The van der Waals surface area contributed by atoms with E-state index in [1.165, 1.54) is 13.2 Å². The normalized spacial score (nSPS) is 12.6. The highest BCUT2D eigenvalue weighted by Gasteiger charge is 2.16. The molecule has 0 unspecified atom stereocenters. The Kier molecular flexibility index (Phi) is 1.66. The molecule has 7 nitrogen and oxygen atoms in total. The van der Waals surface area contributed by atoms with Crippen molar-refractivity contribution < 1.29 is 14.8 Å². The van der Waals surface area contributed by atoms with Crippen LogP contribution in [-0.2, 0) is 0 Å². The van der Waals surface area contributed by atoms with Gasteiger partial charge in [0.1, 0.15) is 5.69 Å². The molecule has 0 saturated heterocycles. The molecule has 0 spiro atoms. The first-order chi connectivity index (χ1) is 6.69. The van der Waals surface area contributed by atoms with E-state index >= 15 is 0 Å². The fourth-order valence-corrected chi connectivity index (χ4v) is 1.30. The summed E-state index contributed by atoms with van der Waals surface area (Å²) in [5.74, 6) is 0. The predicted octanol–water partition coefficient (Wildman–Crippen LogP) is 0.0826. The Morgan fingerprint density at radius 2 is 2.21 bits per heavy atom. The van der Waals surface area contributed by atoms with Gasteiger partial charge in [-0.15, -0.1) is 4.73 Å². The second-order valence-corrected chi connectivity index (χ2v) is 2.71. The van der Waals surface area contributed by atoms with Crippen molar-refractivity contribution in [1.29, 1.82) is 0 Å². The topological polar surface area (TPSA) is 87.9 Å². The first-order valence-electron chi connectivity index (χ1n) is 3.95. The lowest BCUT2D eigenvalue weighted by Gasteiger charge is -1.92. The molecule has 2 rings (SSSR count). The SMILES string of the molecule is CN=c1oc2c(NC)cn(O)c2n1O. The van der Waals surface area contributed by atoms with E-state index in [-0.39, 0.29) is 11.3 Å². The third-order valence-electron chi connectivity index (χ3n) is 1.95. The highest BCUT2D eigenvalue weighted by molar-refractivity contribution is 5.84. The molecule has 0 aliphatic heterocycles. The summed E-state index contributed by atoms with van der Waals surface area (Å²) in [4.78, 5) is 3.69. The molecule has 0 atom stereocenters. The van der Waals surface area contributed by atoms with Crippen LogP contribution in [0.4, 0.5) is 5.69 Å². The van der Waals surface area contributed by atoms with Crippen LogP contribution in [0.15, 0.2) is 15.6 Å². The zero-order chi connectivity index (χ0) is 10.3. The summed E-state index contributed by atoms with van der Waals surface area (Å²) >= 11 is 0. The lowest BCUT2D eigenvalue weighted by molar-refractivity contribution is 0.140. The van der Waals surface area contributed by atoms with Crippen LogP contribution in [0.3, 0.4) is 0 Å². The smallest absolute Gasteiger partial charge is 0.333 e. The Balaban J connectivity index is 2.93. The van der Waals surface area contributed by atoms with Gasteiger partial charge in [-0.2, -0.15) is 4.73 Å². The molecule has 3 N–H and O–H groups in total. The molecular weight excluding hydrogens is 188 g/mol. The summed E-state index contributed by atoms with van der Waals surface area (Å²) in [6.07, 6.45) is 1.39. The van der Waals surface area contributed by atoms with Crippen molar-refractivity contribution in [3.05, 3.63) is 11.9 Å². The van der Waals surface area contributed by atoms with Gasteiger partial charge in [-0.25, -0.2) is 4.99 Å². The Bertz CT molecular complexity index is 533. The van der Waals surface area contributed by atoms with Crippen molar-refractivity contribution in [1.82, 2.24) is 9.46 Å². The zero-order valence-electron chi connectivity index (χ0n) is 7.72. The van der Waals surface area contributed by atoms with Crippen molar-refractivity contribution in [3.63, 3.8) is 0 Å². The summed E-state index contributed by atoms with van der Waals surface area (Å²) in [5, 5.41) is 21.7. The van der Waals surface area contributed by atoms with E-state index in [2.05, 4.69) is 10.3 Å². The highest BCUT2D eigenvalue weighted by Crippen LogP contribution is 2.22. The summed E-state index contributed by atoms with van der Waals surface area (Å²) < 4.78 is 6.63. The minimum absolute atomic E-state index is 0.0231. The standard InChI is InChI=1S/C7H10N4O3/c1-8-4-3-10(12)6-5(4)14-7(9-2)11(6)13/h3,8,12-13H,1-2H3. The molecule has 14 heavy (non-hydrogen) atoms. The average molecular weight is 198 g/mol. The average Bonchev–Trinajstić information content (AvgIpc) is 2.66. The van der Waals surface area contributed by atoms with Gasteiger partial charge in [-0.1, -0.05) is 0 Å². The summed E-state index contributed by atoms with van der Waals surface area (Å²) in [5.41, 5.74) is 1.07. The van der Waals surface area contributed by atoms with Crippen LogP contribution in [0.1, 0.15) is 0 Å². The third kappa shape index (κ3) is 0.889. The van der Waals surface area contributed by atoms with Gasteiger partial charge in [0.05, 0.1) is 6.20 Å². The lowest BCUT2D eigenvalue weighted by Crippen LogP contribution is -2.14. The molecule has 2 aromatic rings. The Morgan fingerprint density at radius 3 is 2.79 bits per heavy atom. The maximum Gasteiger partial charge on any atom is 0.333 e. The fourth-order valence-electron chi connectivity index (χ4n) is 1.30. The maximum atomic E-state index is 9.50. The minimum Gasteiger partial charge on any atom is -0.427 e. The summed E-state index contributed by atoms with van der Waals surface area (Å²) in [6.45, 7) is 0. The molecule has 0 aliphatic rings. The van der Waals surface area contributed by atoms with Gasteiger partial charge in [0.2, 0.25) is 11.2 Å². The quantitative estimate of drug-likeness (QED) is 0.566. The van der Waals surface area contributed by atoms with Crippen LogP contribution in [0, 0.1) is 0 Å². The van der Waals surface area contributed by atoms with Crippen molar-refractivity contribution in [3.8, 4) is 0 Å². The number of aromatic nitrogens is 2. The second kappa shape index (κ2) is 2.72. The van der Waals surface area contributed by atoms with Crippen molar-refractivity contribution in [2.75, 3.05) is 19.4 Å². The molecule has 0 fully saturated rings. The van der Waals surface area contributed by atoms with Gasteiger partial charge in [0.15, 0.2) is 0 Å². The van der Waals surface area contributed by atoms with Crippen LogP contribution in [-0.4, -0.2) is 34.0 Å². The van der Waals surface area contributed by atoms with Crippen LogP contribution in [0.2, 0.25) is 0 Å². The number of nitrogens with zero attached hydrogens (tertiary/aromatic N) is 3. The fraction of sp³-hybridized carbons (Fsp3) is 0.286. The predicted molar refractivity (Wildman–Crippen MR) is 47.6 cm³/mol. The summed E-state index contributed by atoms with van der Waals surface area (Å²) in [6, 6.07) is 0. The maximum absolute atomic E-state index is 9.50. The molecule has 0 saturated carbocycles. The molecule has 7 heteroatoms. The zero-order valence-corrected chi connectivity index (χ0v) is 7.72. The number of oxazole rings is 1. The van der Waals surface area contributed by atoms with Gasteiger partial charge < -0.3 is 20.1 Å². The molecular formula is C7H10N4O3. The Morgan fingerprint density at radius 1 is 1.50 bits per heavy atom. The van der Waals surface area contributed by atoms with E-state index in [0.29, 0.717) is 16.0 Å². The Labute approximate surface area is 78.4 Å². The number of nitrogens with one attached hydrogen (secondary N) is 1. The van der Waals surface area contributed by atoms with Gasteiger partial charge in [-0.05, 0) is 0 Å². The number of anilines is 1. The number of fused-ring (bicyclic) bond motifs is 1. The van der Waals surface area contributed by atoms with Crippen LogP contribution >= 0.6 is 0 Å². The van der Waals surface area contributed by atoms with E-state index in [1.807, 2.05) is 0 Å². The molecule has 0 bridgehead atoms. The van der Waals surface area contributed by atoms with Gasteiger partial charge in [0, 0.05) is 14.1 Å². The van der Waals surface area contributed by atoms with Crippen molar-refractivity contribution in [2.45, 2.75) is 0 Å².